The lowest BCUT2D eigenvalue weighted by molar-refractivity contribution is -0.384. The summed E-state index contributed by atoms with van der Waals surface area (Å²) in [4.78, 5) is 28.9. The van der Waals surface area contributed by atoms with Crippen LogP contribution in [-0.4, -0.2) is 52.5 Å². The molecule has 2 heterocycles. The van der Waals surface area contributed by atoms with Crippen molar-refractivity contribution in [3.05, 3.63) is 52.2 Å². The predicted octanol–water partition coefficient (Wildman–Crippen LogP) is 5.56. The van der Waals surface area contributed by atoms with Gasteiger partial charge in [-0.25, -0.2) is 9.78 Å². The molecule has 1 aliphatic heterocycles. The topological polar surface area (TPSA) is 119 Å². The number of carbonyl (C=O) groups is 1. The molecule has 1 aliphatic rings. The Bertz CT molecular complexity index is 1100. The first kappa shape index (κ1) is 27.8. The minimum absolute atomic E-state index is 0.0420. The number of ether oxygens (including phenoxy) is 2. The van der Waals surface area contributed by atoms with E-state index < -0.39 is 16.9 Å². The van der Waals surface area contributed by atoms with E-state index >= 15 is 0 Å². The van der Waals surface area contributed by atoms with Crippen LogP contribution in [0.5, 0.6) is 5.75 Å². The van der Waals surface area contributed by atoms with Crippen molar-refractivity contribution in [1.82, 2.24) is 9.88 Å². The van der Waals surface area contributed by atoms with Crippen LogP contribution in [0.2, 0.25) is 0 Å². The van der Waals surface area contributed by atoms with Gasteiger partial charge in [0.15, 0.2) is 0 Å². The summed E-state index contributed by atoms with van der Waals surface area (Å²) in [5.74, 6) is 0.0735. The number of piperidine rings is 1. The second-order valence-electron chi connectivity index (χ2n) is 9.64. The number of rotatable bonds is 8. The molecule has 1 aromatic carbocycles. The molecule has 3 rings (SSSR count). The Balaban J connectivity index is 1.61. The molecule has 13 heteroatoms. The number of anilines is 2. The highest BCUT2D eigenvalue weighted by Crippen LogP contribution is 2.30. The highest BCUT2D eigenvalue weighted by molar-refractivity contribution is 5.68. The quantitative estimate of drug-likeness (QED) is 0.340. The Kier molecular flexibility index (Phi) is 8.66. The second kappa shape index (κ2) is 11.5. The number of aromatic nitrogens is 1. The summed E-state index contributed by atoms with van der Waals surface area (Å²) in [7, 11) is 0. The lowest BCUT2D eigenvalue weighted by Crippen LogP contribution is -2.42. The third-order valence-electron chi connectivity index (χ3n) is 5.59. The van der Waals surface area contributed by atoms with Gasteiger partial charge in [-0.3, -0.25) is 10.1 Å². The van der Waals surface area contributed by atoms with Crippen LogP contribution in [0.3, 0.4) is 0 Å². The van der Waals surface area contributed by atoms with Gasteiger partial charge in [0.25, 0.3) is 0 Å². The second-order valence-corrected chi connectivity index (χ2v) is 9.64. The van der Waals surface area contributed by atoms with E-state index in [9.17, 15) is 28.1 Å². The average Bonchev–Trinajstić information content (AvgIpc) is 2.80. The van der Waals surface area contributed by atoms with Gasteiger partial charge in [-0.2, -0.15) is 0 Å². The number of nitrogens with one attached hydrogen (secondary N) is 2. The van der Waals surface area contributed by atoms with Crippen molar-refractivity contribution in [3.8, 4) is 5.75 Å². The summed E-state index contributed by atoms with van der Waals surface area (Å²) in [6.07, 6.45) is -2.70. The van der Waals surface area contributed by atoms with Gasteiger partial charge < -0.3 is 25.0 Å². The number of para-hydroxylation sites is 1. The number of nitrogens with zero attached hydrogens (tertiary/aromatic N) is 3. The smallest absolute Gasteiger partial charge is 0.444 e. The van der Waals surface area contributed by atoms with Crippen LogP contribution >= 0.6 is 0 Å². The molecule has 1 amide bonds. The van der Waals surface area contributed by atoms with Crippen LogP contribution in [0.15, 0.2) is 36.5 Å². The summed E-state index contributed by atoms with van der Waals surface area (Å²) in [6, 6.07) is 7.12. The van der Waals surface area contributed by atoms with E-state index in [0.717, 1.165) is 6.20 Å². The maximum absolute atomic E-state index is 12.7. The molecule has 37 heavy (non-hydrogen) atoms. The van der Waals surface area contributed by atoms with Crippen molar-refractivity contribution in [1.29, 1.82) is 0 Å². The number of halogens is 3. The lowest BCUT2D eigenvalue weighted by atomic mass is 9.97. The molecule has 0 unspecified atom stereocenters. The number of amides is 1. The first-order valence-electron chi connectivity index (χ1n) is 11.7. The highest BCUT2D eigenvalue weighted by Gasteiger charge is 2.32. The Morgan fingerprint density at radius 3 is 2.49 bits per heavy atom. The summed E-state index contributed by atoms with van der Waals surface area (Å²) < 4.78 is 47.5. The van der Waals surface area contributed by atoms with Crippen molar-refractivity contribution in [2.45, 2.75) is 52.1 Å². The SMILES string of the molecule is CC(C)(C)OC(=O)N1CCC(CNc2cc(NCc3ccccc3OC(F)(F)F)ncc2[N+](=O)[O-])CC1. The normalized spacial score (nSPS) is 14.7. The third kappa shape index (κ3) is 8.69. The fourth-order valence-electron chi connectivity index (χ4n) is 3.79. The minimum Gasteiger partial charge on any atom is -0.444 e. The first-order chi connectivity index (χ1) is 17.3. The van der Waals surface area contributed by atoms with E-state index in [-0.39, 0.29) is 47.1 Å². The van der Waals surface area contributed by atoms with E-state index in [1.165, 1.54) is 24.3 Å². The molecule has 0 radical (unpaired) electrons. The standard InChI is InChI=1S/C24H30F3N5O5/c1-23(2,3)37-22(33)31-10-8-16(9-11-31)13-28-18-12-21(30-15-19(18)32(34)35)29-14-17-6-4-5-7-20(17)36-24(25,26)27/h4-7,12,15-16H,8-11,13-14H2,1-3H3,(H2,28,29,30). The van der Waals surface area contributed by atoms with Crippen molar-refractivity contribution < 1.29 is 32.4 Å². The zero-order valence-electron chi connectivity index (χ0n) is 20.8. The third-order valence-corrected chi connectivity index (χ3v) is 5.59. The number of benzene rings is 1. The van der Waals surface area contributed by atoms with E-state index in [1.54, 1.807) is 31.7 Å². The van der Waals surface area contributed by atoms with Crippen molar-refractivity contribution in [2.75, 3.05) is 30.3 Å². The summed E-state index contributed by atoms with van der Waals surface area (Å²) >= 11 is 0. The Morgan fingerprint density at radius 1 is 1.19 bits per heavy atom. The number of hydrogen-bond donors (Lipinski definition) is 2. The number of pyridine rings is 1. The van der Waals surface area contributed by atoms with Crippen LogP contribution < -0.4 is 15.4 Å². The molecule has 0 atom stereocenters. The largest absolute Gasteiger partial charge is 0.573 e. The van der Waals surface area contributed by atoms with Crippen LogP contribution in [0.1, 0.15) is 39.2 Å². The van der Waals surface area contributed by atoms with Gasteiger partial charge in [-0.05, 0) is 45.6 Å². The number of carbonyl (C=O) groups excluding carboxylic acids is 1. The van der Waals surface area contributed by atoms with E-state index in [1.807, 2.05) is 0 Å². The molecule has 2 N–H and O–H groups in total. The molecule has 202 valence electrons. The average molecular weight is 526 g/mol. The molecule has 1 saturated heterocycles. The van der Waals surface area contributed by atoms with E-state index in [4.69, 9.17) is 4.74 Å². The maximum Gasteiger partial charge on any atom is 0.573 e. The summed E-state index contributed by atoms with van der Waals surface area (Å²) in [5.41, 5.74) is -0.324. The van der Waals surface area contributed by atoms with Crippen LogP contribution in [-0.2, 0) is 11.3 Å². The predicted molar refractivity (Wildman–Crippen MR) is 130 cm³/mol. The molecule has 10 nitrogen and oxygen atoms in total. The van der Waals surface area contributed by atoms with E-state index in [0.29, 0.717) is 32.5 Å². The number of hydrogen-bond acceptors (Lipinski definition) is 8. The molecule has 2 aromatic rings. The Hall–Kier alpha value is -3.77. The highest BCUT2D eigenvalue weighted by atomic mass is 19.4. The molecule has 0 spiro atoms. The molecule has 1 fully saturated rings. The van der Waals surface area contributed by atoms with Gasteiger partial charge in [0, 0.05) is 37.8 Å². The van der Waals surface area contributed by atoms with Crippen molar-refractivity contribution in [3.63, 3.8) is 0 Å². The van der Waals surface area contributed by atoms with Crippen molar-refractivity contribution in [2.24, 2.45) is 5.92 Å². The summed E-state index contributed by atoms with van der Waals surface area (Å²) in [6.45, 7) is 6.86. The Morgan fingerprint density at radius 2 is 1.86 bits per heavy atom. The zero-order valence-corrected chi connectivity index (χ0v) is 20.8. The molecule has 1 aromatic heterocycles. The molecule has 0 saturated carbocycles. The number of alkyl halides is 3. The molecule has 0 bridgehead atoms. The maximum atomic E-state index is 12.7. The fourth-order valence-corrected chi connectivity index (χ4v) is 3.79. The molecular formula is C24H30F3N5O5. The van der Waals surface area contributed by atoms with Gasteiger partial charge in [0.05, 0.1) is 4.92 Å². The lowest BCUT2D eigenvalue weighted by Gasteiger charge is -2.33. The summed E-state index contributed by atoms with van der Waals surface area (Å²) in [5, 5.41) is 17.5. The zero-order chi connectivity index (χ0) is 27.2. The van der Waals surface area contributed by atoms with Crippen LogP contribution in [0.25, 0.3) is 0 Å². The van der Waals surface area contributed by atoms with Crippen molar-refractivity contribution >= 4 is 23.3 Å². The monoisotopic (exact) mass is 525 g/mol. The molecular weight excluding hydrogens is 495 g/mol. The van der Waals surface area contributed by atoms with Gasteiger partial charge in [0.2, 0.25) is 0 Å². The van der Waals surface area contributed by atoms with Gasteiger partial charge in [0.1, 0.15) is 29.1 Å². The Labute approximate surface area is 212 Å². The van der Waals surface area contributed by atoms with Gasteiger partial charge in [-0.1, -0.05) is 18.2 Å². The van der Waals surface area contributed by atoms with E-state index in [2.05, 4.69) is 20.4 Å². The first-order valence-corrected chi connectivity index (χ1v) is 11.7. The number of likely N-dealkylation sites (tertiary alicyclic amines) is 1. The molecule has 0 aliphatic carbocycles. The minimum atomic E-state index is -4.83. The fraction of sp³-hybridized carbons (Fsp3) is 0.500. The van der Waals surface area contributed by atoms with Gasteiger partial charge in [-0.15, -0.1) is 13.2 Å². The number of nitro groups is 1. The van der Waals surface area contributed by atoms with Crippen LogP contribution in [0, 0.1) is 16.0 Å². The van der Waals surface area contributed by atoms with Gasteiger partial charge >= 0.3 is 18.1 Å². The van der Waals surface area contributed by atoms with Crippen LogP contribution in [0.4, 0.5) is 35.2 Å².